The number of carbonyl (C=O) groups is 1. The Balaban J connectivity index is 1.94. The first-order valence-electron chi connectivity index (χ1n) is 9.20. The molecule has 0 fully saturated rings. The van der Waals surface area contributed by atoms with Crippen LogP contribution >= 0.6 is 0 Å². The minimum atomic E-state index is -4.53. The molecule has 0 saturated carbocycles. The predicted octanol–water partition coefficient (Wildman–Crippen LogP) is 3.27. The normalized spacial score (nSPS) is 11.5. The summed E-state index contributed by atoms with van der Waals surface area (Å²) < 4.78 is 41.2. The lowest BCUT2D eigenvalue weighted by Crippen LogP contribution is -2.32. The Bertz CT molecular complexity index is 1150. The summed E-state index contributed by atoms with van der Waals surface area (Å²) >= 11 is 0. The number of halogens is 3. The fourth-order valence-electron chi connectivity index (χ4n) is 2.98. The first-order valence-corrected chi connectivity index (χ1v) is 9.20. The van der Waals surface area contributed by atoms with Crippen molar-refractivity contribution in [3.8, 4) is 5.95 Å². The zero-order valence-corrected chi connectivity index (χ0v) is 16.6. The SMILES string of the molecule is CCc1cc(=O)n(CC(=O)Nc2cccc(C(F)(F)F)c2)c(-n2nc(C)cc2C)n1. The van der Waals surface area contributed by atoms with Gasteiger partial charge in [0, 0.05) is 23.1 Å². The zero-order chi connectivity index (χ0) is 22.1. The molecule has 2 aromatic heterocycles. The minimum Gasteiger partial charge on any atom is -0.325 e. The number of amides is 1. The van der Waals surface area contributed by atoms with Gasteiger partial charge in [-0.3, -0.25) is 14.2 Å². The summed E-state index contributed by atoms with van der Waals surface area (Å²) in [6.07, 6.45) is -4.01. The Morgan fingerprint density at radius 3 is 2.50 bits per heavy atom. The fourth-order valence-corrected chi connectivity index (χ4v) is 2.98. The number of carbonyl (C=O) groups excluding carboxylic acids is 1. The molecule has 0 aliphatic rings. The van der Waals surface area contributed by atoms with Crippen molar-refractivity contribution in [2.24, 2.45) is 0 Å². The molecule has 0 atom stereocenters. The number of hydrogen-bond acceptors (Lipinski definition) is 4. The summed E-state index contributed by atoms with van der Waals surface area (Å²) in [5, 5.41) is 6.73. The molecule has 30 heavy (non-hydrogen) atoms. The number of rotatable bonds is 5. The van der Waals surface area contributed by atoms with Crippen LogP contribution in [0.15, 0.2) is 41.2 Å². The van der Waals surface area contributed by atoms with Gasteiger partial charge in [0.25, 0.3) is 5.56 Å². The highest BCUT2D eigenvalue weighted by Gasteiger charge is 2.30. The lowest BCUT2D eigenvalue weighted by atomic mass is 10.2. The molecule has 1 N–H and O–H groups in total. The van der Waals surface area contributed by atoms with Crippen LogP contribution in [0.2, 0.25) is 0 Å². The Morgan fingerprint density at radius 2 is 1.90 bits per heavy atom. The quantitative estimate of drug-likeness (QED) is 0.688. The highest BCUT2D eigenvalue weighted by molar-refractivity contribution is 5.90. The highest BCUT2D eigenvalue weighted by Crippen LogP contribution is 2.30. The van der Waals surface area contributed by atoms with E-state index in [-0.39, 0.29) is 11.6 Å². The van der Waals surface area contributed by atoms with Crippen LogP contribution in [0, 0.1) is 13.8 Å². The van der Waals surface area contributed by atoms with E-state index in [1.165, 1.54) is 22.9 Å². The number of nitrogens with zero attached hydrogens (tertiary/aromatic N) is 4. The molecule has 0 spiro atoms. The van der Waals surface area contributed by atoms with E-state index in [1.54, 1.807) is 19.9 Å². The average molecular weight is 419 g/mol. The van der Waals surface area contributed by atoms with E-state index in [0.717, 1.165) is 22.4 Å². The number of nitrogens with one attached hydrogen (secondary N) is 1. The van der Waals surface area contributed by atoms with E-state index in [2.05, 4.69) is 15.4 Å². The van der Waals surface area contributed by atoms with Crippen LogP contribution in [0.4, 0.5) is 18.9 Å². The van der Waals surface area contributed by atoms with Gasteiger partial charge < -0.3 is 5.32 Å². The molecule has 10 heteroatoms. The highest BCUT2D eigenvalue weighted by atomic mass is 19.4. The largest absolute Gasteiger partial charge is 0.416 e. The Labute approximate surface area is 170 Å². The van der Waals surface area contributed by atoms with Gasteiger partial charge in [-0.15, -0.1) is 0 Å². The van der Waals surface area contributed by atoms with Gasteiger partial charge in [0.2, 0.25) is 11.9 Å². The molecule has 0 unspecified atom stereocenters. The van der Waals surface area contributed by atoms with E-state index in [1.807, 2.05) is 6.92 Å². The van der Waals surface area contributed by atoms with Gasteiger partial charge in [-0.2, -0.15) is 18.3 Å². The first kappa shape index (κ1) is 21.3. The van der Waals surface area contributed by atoms with Gasteiger partial charge in [0.05, 0.1) is 11.3 Å². The van der Waals surface area contributed by atoms with E-state index in [0.29, 0.717) is 17.8 Å². The second-order valence-electron chi connectivity index (χ2n) is 6.79. The van der Waals surface area contributed by atoms with Gasteiger partial charge in [0.1, 0.15) is 6.54 Å². The van der Waals surface area contributed by atoms with E-state index < -0.39 is 29.8 Å². The topological polar surface area (TPSA) is 81.8 Å². The summed E-state index contributed by atoms with van der Waals surface area (Å²) in [5.41, 5.74) is 0.618. The molecule has 1 aromatic carbocycles. The zero-order valence-electron chi connectivity index (χ0n) is 16.6. The van der Waals surface area contributed by atoms with Crippen LogP contribution in [-0.2, 0) is 23.9 Å². The molecule has 1 amide bonds. The maximum atomic E-state index is 12.9. The molecular weight excluding hydrogens is 399 g/mol. The summed E-state index contributed by atoms with van der Waals surface area (Å²) in [5.74, 6) is -0.491. The van der Waals surface area contributed by atoms with E-state index in [4.69, 9.17) is 0 Å². The van der Waals surface area contributed by atoms with Gasteiger partial charge >= 0.3 is 6.18 Å². The van der Waals surface area contributed by atoms with Crippen molar-refractivity contribution in [1.29, 1.82) is 0 Å². The van der Waals surface area contributed by atoms with Crippen LogP contribution in [0.5, 0.6) is 0 Å². The molecule has 0 radical (unpaired) electrons. The number of aromatic nitrogens is 4. The van der Waals surface area contributed by atoms with Gasteiger partial charge in [-0.25, -0.2) is 9.67 Å². The number of hydrogen-bond donors (Lipinski definition) is 1. The molecule has 3 aromatic rings. The molecule has 0 saturated heterocycles. The molecule has 0 bridgehead atoms. The van der Waals surface area contributed by atoms with Crippen LogP contribution in [-0.4, -0.2) is 25.2 Å². The van der Waals surface area contributed by atoms with Crippen LogP contribution in [0.1, 0.15) is 29.6 Å². The lowest BCUT2D eigenvalue weighted by Gasteiger charge is -2.14. The first-order chi connectivity index (χ1) is 14.1. The molecule has 2 heterocycles. The van der Waals surface area contributed by atoms with Gasteiger partial charge in [-0.05, 0) is 44.5 Å². The second-order valence-corrected chi connectivity index (χ2v) is 6.79. The smallest absolute Gasteiger partial charge is 0.325 e. The molecular formula is C20H20F3N5O2. The Morgan fingerprint density at radius 1 is 1.17 bits per heavy atom. The van der Waals surface area contributed by atoms with Crippen molar-refractivity contribution in [2.75, 3.05) is 5.32 Å². The summed E-state index contributed by atoms with van der Waals surface area (Å²) in [4.78, 5) is 29.6. The van der Waals surface area contributed by atoms with Gasteiger partial charge in [0.15, 0.2) is 0 Å². The van der Waals surface area contributed by atoms with Crippen LogP contribution in [0.3, 0.4) is 0 Å². The fraction of sp³-hybridized carbons (Fsp3) is 0.300. The van der Waals surface area contributed by atoms with Gasteiger partial charge in [-0.1, -0.05) is 13.0 Å². The van der Waals surface area contributed by atoms with Crippen molar-refractivity contribution in [1.82, 2.24) is 19.3 Å². The third-order valence-corrected chi connectivity index (χ3v) is 4.38. The van der Waals surface area contributed by atoms with Crippen LogP contribution in [0.25, 0.3) is 5.95 Å². The van der Waals surface area contributed by atoms with Crippen molar-refractivity contribution in [2.45, 2.75) is 39.9 Å². The number of alkyl halides is 3. The maximum absolute atomic E-state index is 12.9. The lowest BCUT2D eigenvalue weighted by molar-refractivity contribution is -0.137. The molecule has 0 aliphatic heterocycles. The molecule has 0 aliphatic carbocycles. The third kappa shape index (κ3) is 4.58. The van der Waals surface area contributed by atoms with Crippen molar-refractivity contribution in [3.05, 3.63) is 69.4 Å². The number of benzene rings is 1. The summed E-state index contributed by atoms with van der Waals surface area (Å²) in [6.45, 7) is 4.99. The Kier molecular flexibility index (Phi) is 5.77. The molecule has 3 rings (SSSR count). The number of anilines is 1. The molecule has 7 nitrogen and oxygen atoms in total. The van der Waals surface area contributed by atoms with Crippen LogP contribution < -0.4 is 10.9 Å². The third-order valence-electron chi connectivity index (χ3n) is 4.38. The summed E-state index contributed by atoms with van der Waals surface area (Å²) in [7, 11) is 0. The van der Waals surface area contributed by atoms with E-state index >= 15 is 0 Å². The second kappa shape index (κ2) is 8.13. The van der Waals surface area contributed by atoms with Crippen molar-refractivity contribution in [3.63, 3.8) is 0 Å². The van der Waals surface area contributed by atoms with Crippen molar-refractivity contribution >= 4 is 11.6 Å². The minimum absolute atomic E-state index is 0.0197. The predicted molar refractivity (Wildman–Crippen MR) is 105 cm³/mol. The maximum Gasteiger partial charge on any atom is 0.416 e. The standard InChI is InChI=1S/C20H20F3N5O2/c1-4-15-10-18(30)27(19(25-15)28-13(3)8-12(2)26-28)11-17(29)24-16-7-5-6-14(9-16)20(21,22)23/h5-10H,4,11H2,1-3H3,(H,24,29). The average Bonchev–Trinajstić information content (AvgIpc) is 3.00. The number of aryl methyl sites for hydroxylation is 3. The van der Waals surface area contributed by atoms with Crippen molar-refractivity contribution < 1.29 is 18.0 Å². The monoisotopic (exact) mass is 419 g/mol. The van der Waals surface area contributed by atoms with E-state index in [9.17, 15) is 22.8 Å². The summed E-state index contributed by atoms with van der Waals surface area (Å²) in [6, 6.07) is 7.42. The Hall–Kier alpha value is -3.43. The molecule has 158 valence electrons.